The SMILES string of the molecule is COc1cncc(-c2nnc3c(C)nc4ccc(C(F)(F)F)cc4n23)c1. The van der Waals surface area contributed by atoms with E-state index in [0.29, 0.717) is 34.0 Å². The van der Waals surface area contributed by atoms with Crippen molar-refractivity contribution in [2.45, 2.75) is 13.1 Å². The molecule has 26 heavy (non-hydrogen) atoms. The van der Waals surface area contributed by atoms with E-state index in [-0.39, 0.29) is 5.52 Å². The molecule has 0 spiro atoms. The van der Waals surface area contributed by atoms with Crippen LogP contribution in [0.25, 0.3) is 28.1 Å². The summed E-state index contributed by atoms with van der Waals surface area (Å²) in [6.45, 7) is 1.73. The zero-order valence-electron chi connectivity index (χ0n) is 13.7. The molecule has 0 fully saturated rings. The molecule has 4 rings (SSSR count). The monoisotopic (exact) mass is 359 g/mol. The standard InChI is InChI=1S/C17H12F3N5O/c1-9-15-23-24-16(10-5-12(26-2)8-21-7-10)25(15)14-6-11(17(18,19)20)3-4-13(14)22-9/h3-8H,1-2H3. The summed E-state index contributed by atoms with van der Waals surface area (Å²) in [7, 11) is 1.50. The molecule has 0 saturated carbocycles. The lowest BCUT2D eigenvalue weighted by atomic mass is 10.1. The number of rotatable bonds is 2. The average molecular weight is 359 g/mol. The Morgan fingerprint density at radius 1 is 1.08 bits per heavy atom. The molecule has 3 aromatic heterocycles. The summed E-state index contributed by atoms with van der Waals surface area (Å²) in [5, 5.41) is 8.23. The number of alkyl halides is 3. The van der Waals surface area contributed by atoms with Gasteiger partial charge in [-0.3, -0.25) is 9.38 Å². The van der Waals surface area contributed by atoms with Gasteiger partial charge in [-0.2, -0.15) is 13.2 Å². The number of fused-ring (bicyclic) bond motifs is 3. The molecule has 0 amide bonds. The minimum atomic E-state index is -4.46. The minimum absolute atomic E-state index is 0.267. The molecule has 0 N–H and O–H groups in total. The van der Waals surface area contributed by atoms with Crippen molar-refractivity contribution >= 4 is 16.7 Å². The van der Waals surface area contributed by atoms with Gasteiger partial charge in [0, 0.05) is 11.8 Å². The van der Waals surface area contributed by atoms with E-state index in [9.17, 15) is 13.2 Å². The Morgan fingerprint density at radius 3 is 2.62 bits per heavy atom. The second-order valence-electron chi connectivity index (χ2n) is 5.69. The highest BCUT2D eigenvalue weighted by Crippen LogP contribution is 2.32. The average Bonchev–Trinajstić information content (AvgIpc) is 3.07. The van der Waals surface area contributed by atoms with Crippen molar-refractivity contribution in [2.75, 3.05) is 7.11 Å². The van der Waals surface area contributed by atoms with Gasteiger partial charge in [0.25, 0.3) is 0 Å². The van der Waals surface area contributed by atoms with Gasteiger partial charge in [0.1, 0.15) is 5.75 Å². The third-order valence-corrected chi connectivity index (χ3v) is 4.03. The summed E-state index contributed by atoms with van der Waals surface area (Å²) < 4.78 is 46.2. The zero-order valence-corrected chi connectivity index (χ0v) is 13.7. The Balaban J connectivity index is 2.08. The first-order chi connectivity index (χ1) is 12.4. The van der Waals surface area contributed by atoms with Crippen LogP contribution in [-0.4, -0.2) is 31.7 Å². The summed E-state index contributed by atoms with van der Waals surface area (Å²) in [6.07, 6.45) is -1.38. The van der Waals surface area contributed by atoms with Gasteiger partial charge in [-0.1, -0.05) is 0 Å². The maximum absolute atomic E-state index is 13.2. The molecule has 0 aliphatic carbocycles. The van der Waals surface area contributed by atoms with Crippen LogP contribution in [-0.2, 0) is 6.18 Å². The van der Waals surface area contributed by atoms with E-state index in [1.165, 1.54) is 19.4 Å². The number of hydrogen-bond acceptors (Lipinski definition) is 5. The summed E-state index contributed by atoms with van der Waals surface area (Å²) in [5.41, 5.74) is 1.44. The Bertz CT molecular complexity index is 1140. The van der Waals surface area contributed by atoms with Crippen LogP contribution in [0.5, 0.6) is 5.75 Å². The summed E-state index contributed by atoms with van der Waals surface area (Å²) in [6, 6.07) is 5.10. The Morgan fingerprint density at radius 2 is 1.88 bits per heavy atom. The van der Waals surface area contributed by atoms with E-state index in [4.69, 9.17) is 4.74 Å². The first kappa shape index (κ1) is 16.2. The summed E-state index contributed by atoms with van der Waals surface area (Å²) >= 11 is 0. The van der Waals surface area contributed by atoms with Crippen molar-refractivity contribution in [2.24, 2.45) is 0 Å². The van der Waals surface area contributed by atoms with Crippen molar-refractivity contribution in [3.8, 4) is 17.1 Å². The van der Waals surface area contributed by atoms with E-state index in [2.05, 4.69) is 20.2 Å². The highest BCUT2D eigenvalue weighted by molar-refractivity contribution is 5.82. The van der Waals surface area contributed by atoms with Crippen molar-refractivity contribution in [1.82, 2.24) is 24.6 Å². The fourth-order valence-electron chi connectivity index (χ4n) is 2.79. The molecule has 6 nitrogen and oxygen atoms in total. The number of methoxy groups -OCH3 is 1. The largest absolute Gasteiger partial charge is 0.495 e. The van der Waals surface area contributed by atoms with Gasteiger partial charge in [0.15, 0.2) is 11.5 Å². The molecule has 0 aliphatic heterocycles. The van der Waals surface area contributed by atoms with Crippen LogP contribution in [0.2, 0.25) is 0 Å². The molecule has 0 aliphatic rings. The van der Waals surface area contributed by atoms with Crippen molar-refractivity contribution in [3.63, 3.8) is 0 Å². The number of aryl methyl sites for hydroxylation is 1. The van der Waals surface area contributed by atoms with Crippen LogP contribution in [0.3, 0.4) is 0 Å². The fraction of sp³-hybridized carbons (Fsp3) is 0.176. The van der Waals surface area contributed by atoms with E-state index < -0.39 is 11.7 Å². The van der Waals surface area contributed by atoms with Gasteiger partial charge in [-0.05, 0) is 31.2 Å². The lowest BCUT2D eigenvalue weighted by molar-refractivity contribution is -0.137. The number of ether oxygens (including phenoxy) is 1. The fourth-order valence-corrected chi connectivity index (χ4v) is 2.79. The normalized spacial score (nSPS) is 12.0. The van der Waals surface area contributed by atoms with E-state index in [1.807, 2.05) is 0 Å². The number of halogens is 3. The van der Waals surface area contributed by atoms with Crippen molar-refractivity contribution < 1.29 is 17.9 Å². The minimum Gasteiger partial charge on any atom is -0.495 e. The number of aromatic nitrogens is 5. The Hall–Kier alpha value is -3.23. The van der Waals surface area contributed by atoms with Gasteiger partial charge >= 0.3 is 6.18 Å². The molecule has 0 unspecified atom stereocenters. The van der Waals surface area contributed by atoms with E-state index in [0.717, 1.165) is 12.1 Å². The zero-order chi connectivity index (χ0) is 18.5. The Kier molecular flexibility index (Phi) is 3.53. The molecule has 0 saturated heterocycles. The van der Waals surface area contributed by atoms with Crippen LogP contribution in [0, 0.1) is 6.92 Å². The van der Waals surface area contributed by atoms with Gasteiger partial charge < -0.3 is 4.74 Å². The molecule has 0 radical (unpaired) electrons. The van der Waals surface area contributed by atoms with Gasteiger partial charge in [-0.15, -0.1) is 10.2 Å². The van der Waals surface area contributed by atoms with Crippen LogP contribution < -0.4 is 4.74 Å². The molecule has 0 bridgehead atoms. The topological polar surface area (TPSA) is 65.2 Å². The van der Waals surface area contributed by atoms with Gasteiger partial charge in [0.2, 0.25) is 0 Å². The molecule has 4 aromatic rings. The molecule has 1 aromatic carbocycles. The van der Waals surface area contributed by atoms with Crippen LogP contribution in [0.1, 0.15) is 11.3 Å². The first-order valence-corrected chi connectivity index (χ1v) is 7.60. The maximum Gasteiger partial charge on any atom is 0.416 e. The van der Waals surface area contributed by atoms with Crippen LogP contribution >= 0.6 is 0 Å². The quantitative estimate of drug-likeness (QED) is 0.546. The second kappa shape index (κ2) is 5.65. The highest BCUT2D eigenvalue weighted by Gasteiger charge is 2.31. The van der Waals surface area contributed by atoms with Crippen LogP contribution in [0.4, 0.5) is 13.2 Å². The molecule has 9 heteroatoms. The third-order valence-electron chi connectivity index (χ3n) is 4.03. The predicted octanol–water partition coefficient (Wildman–Crippen LogP) is 3.68. The molecule has 0 atom stereocenters. The lowest BCUT2D eigenvalue weighted by Crippen LogP contribution is -2.06. The Labute approximate surface area is 145 Å². The number of benzene rings is 1. The highest BCUT2D eigenvalue weighted by atomic mass is 19.4. The second-order valence-corrected chi connectivity index (χ2v) is 5.69. The first-order valence-electron chi connectivity index (χ1n) is 7.60. The lowest BCUT2D eigenvalue weighted by Gasteiger charge is -2.11. The van der Waals surface area contributed by atoms with Crippen molar-refractivity contribution in [3.05, 3.63) is 47.9 Å². The summed E-state index contributed by atoms with van der Waals surface area (Å²) in [5.74, 6) is 0.867. The third kappa shape index (κ3) is 2.52. The van der Waals surface area contributed by atoms with Gasteiger partial charge in [-0.25, -0.2) is 4.98 Å². The van der Waals surface area contributed by atoms with Crippen molar-refractivity contribution in [1.29, 1.82) is 0 Å². The number of pyridine rings is 1. The predicted molar refractivity (Wildman–Crippen MR) is 87.8 cm³/mol. The number of nitrogens with zero attached hydrogens (tertiary/aromatic N) is 5. The van der Waals surface area contributed by atoms with E-state index >= 15 is 0 Å². The summed E-state index contributed by atoms with van der Waals surface area (Å²) in [4.78, 5) is 8.41. The maximum atomic E-state index is 13.2. The smallest absolute Gasteiger partial charge is 0.416 e. The van der Waals surface area contributed by atoms with E-state index in [1.54, 1.807) is 23.6 Å². The number of hydrogen-bond donors (Lipinski definition) is 0. The molecule has 3 heterocycles. The molecular formula is C17H12F3N5O. The molecule has 132 valence electrons. The molecular weight excluding hydrogens is 347 g/mol. The van der Waals surface area contributed by atoms with Gasteiger partial charge in [0.05, 0.1) is 35.6 Å². The van der Waals surface area contributed by atoms with Crippen LogP contribution in [0.15, 0.2) is 36.7 Å².